The molecule has 0 aliphatic carbocycles. The van der Waals surface area contributed by atoms with E-state index in [-0.39, 0.29) is 65.4 Å². The van der Waals surface area contributed by atoms with Crippen LogP contribution in [0.15, 0.2) is 10.6 Å². The zero-order valence-electron chi connectivity index (χ0n) is 6.11. The maximum atomic E-state index is 3.32. The number of allylic oxidation sites excluding steroid dienone is 2. The molecule has 0 saturated carbocycles. The van der Waals surface area contributed by atoms with Crippen LogP contribution in [0, 0.1) is 5.92 Å². The second-order valence-electron chi connectivity index (χ2n) is 1.81. The third-order valence-corrected chi connectivity index (χ3v) is 0.716. The molecule has 0 bridgehead atoms. The van der Waals surface area contributed by atoms with Gasteiger partial charge in [0.2, 0.25) is 0 Å². The number of halogens is 1. The summed E-state index contributed by atoms with van der Waals surface area (Å²) in [5, 5.41) is 0. The first-order valence-electron chi connectivity index (χ1n) is 2.27. The first kappa shape index (κ1) is 17.4. The van der Waals surface area contributed by atoms with Crippen LogP contribution in [0.1, 0.15) is 20.8 Å². The Morgan fingerprint density at radius 3 is 1.67 bits per heavy atom. The Morgan fingerprint density at radius 2 is 1.67 bits per heavy atom. The molecular weight excluding hydrogens is 330 g/mol. The molecule has 0 aromatic rings. The molecule has 0 heterocycles. The summed E-state index contributed by atoms with van der Waals surface area (Å²) >= 11 is 3.32. The standard InChI is InChI=1S/C6H10Br.2Y/c1-5(2)4-6(3)7;;/h4H,1-3H3;;/q-1;;/b6-4+;;. The number of hydrogen-bond acceptors (Lipinski definition) is 0. The summed E-state index contributed by atoms with van der Waals surface area (Å²) in [7, 11) is 0. The second kappa shape index (κ2) is 10.3. The summed E-state index contributed by atoms with van der Waals surface area (Å²) in [6.45, 7) is 6.17. The van der Waals surface area contributed by atoms with Gasteiger partial charge in [-0.05, 0) is 0 Å². The van der Waals surface area contributed by atoms with Crippen LogP contribution >= 0.6 is 15.9 Å². The molecule has 48 valence electrons. The van der Waals surface area contributed by atoms with Gasteiger partial charge in [-0.2, -0.15) is 20.4 Å². The fraction of sp³-hybridized carbons (Fsp3) is 0.500. The van der Waals surface area contributed by atoms with E-state index in [1.165, 1.54) is 10.4 Å². The van der Waals surface area contributed by atoms with E-state index in [2.05, 4.69) is 35.9 Å². The summed E-state index contributed by atoms with van der Waals surface area (Å²) in [6, 6.07) is 0. The van der Waals surface area contributed by atoms with Crippen LogP contribution in [0.4, 0.5) is 0 Å². The van der Waals surface area contributed by atoms with Crippen molar-refractivity contribution < 1.29 is 65.4 Å². The van der Waals surface area contributed by atoms with E-state index in [4.69, 9.17) is 0 Å². The third kappa shape index (κ3) is 17.9. The average molecular weight is 340 g/mol. The van der Waals surface area contributed by atoms with Crippen molar-refractivity contribution >= 4 is 15.9 Å². The van der Waals surface area contributed by atoms with E-state index in [1.54, 1.807) is 0 Å². The minimum absolute atomic E-state index is 0. The minimum atomic E-state index is 0. The molecule has 0 aliphatic rings. The summed E-state index contributed by atoms with van der Waals surface area (Å²) < 4.78 is 1.19. The van der Waals surface area contributed by atoms with Gasteiger partial charge in [0.1, 0.15) is 0 Å². The number of rotatable bonds is 1. The fourth-order valence-electron chi connectivity index (χ4n) is 0.398. The maximum absolute atomic E-state index is 3.32. The fourth-order valence-corrected chi connectivity index (χ4v) is 0.856. The van der Waals surface area contributed by atoms with Crippen LogP contribution in [0.2, 0.25) is 0 Å². The van der Waals surface area contributed by atoms with Crippen LogP contribution in [0.3, 0.4) is 0 Å². The average Bonchev–Trinajstić information content (AvgIpc) is 1.27. The molecule has 0 unspecified atom stereocenters. The van der Waals surface area contributed by atoms with Crippen molar-refractivity contribution in [3.63, 3.8) is 0 Å². The molecule has 3 heteroatoms. The Morgan fingerprint density at radius 1 is 1.33 bits per heavy atom. The molecular formula is C6H10BrY2-. The van der Waals surface area contributed by atoms with Crippen LogP contribution in [-0.2, 0) is 65.4 Å². The van der Waals surface area contributed by atoms with Gasteiger partial charge in [0.05, 0.1) is 0 Å². The predicted octanol–water partition coefficient (Wildman–Crippen LogP) is 2.89. The molecule has 9 heavy (non-hydrogen) atoms. The molecule has 0 nitrogen and oxygen atoms in total. The largest absolute Gasteiger partial charge is 0.221 e. The van der Waals surface area contributed by atoms with Crippen LogP contribution in [-0.4, -0.2) is 0 Å². The van der Waals surface area contributed by atoms with Crippen molar-refractivity contribution in [3.05, 3.63) is 16.5 Å². The third-order valence-electron chi connectivity index (χ3n) is 0.488. The molecule has 0 rings (SSSR count). The van der Waals surface area contributed by atoms with E-state index >= 15 is 0 Å². The smallest absolute Gasteiger partial charge is 0 e. The predicted molar refractivity (Wildman–Crippen MR) is 37.3 cm³/mol. The van der Waals surface area contributed by atoms with Gasteiger partial charge in [-0.1, -0.05) is 0 Å². The molecule has 0 amide bonds. The Balaban J connectivity index is -0.000000180. The topological polar surface area (TPSA) is 0 Å². The zero-order chi connectivity index (χ0) is 5.86. The molecule has 0 aromatic carbocycles. The van der Waals surface area contributed by atoms with Crippen LogP contribution in [0.5, 0.6) is 0 Å². The molecule has 0 saturated heterocycles. The SMILES string of the molecule is C/C(Br)=C\[C-](C)C.[Y].[Y]. The summed E-state index contributed by atoms with van der Waals surface area (Å²) in [6.07, 6.45) is 2.08. The van der Waals surface area contributed by atoms with E-state index in [9.17, 15) is 0 Å². The maximum Gasteiger partial charge on any atom is 0 e. The summed E-state index contributed by atoms with van der Waals surface area (Å²) in [5.74, 6) is 1.33. The zero-order valence-corrected chi connectivity index (χ0v) is 13.4. The van der Waals surface area contributed by atoms with E-state index in [0.717, 1.165) is 0 Å². The van der Waals surface area contributed by atoms with Gasteiger partial charge < -0.3 is 0 Å². The van der Waals surface area contributed by atoms with Crippen molar-refractivity contribution in [2.45, 2.75) is 20.8 Å². The van der Waals surface area contributed by atoms with Gasteiger partial charge in [-0.15, -0.1) is 20.8 Å². The van der Waals surface area contributed by atoms with Crippen molar-refractivity contribution in [1.82, 2.24) is 0 Å². The Kier molecular flexibility index (Phi) is 19.9. The van der Waals surface area contributed by atoms with Gasteiger partial charge in [-0.3, -0.25) is 0 Å². The molecule has 0 aliphatic heterocycles. The Labute approximate surface area is 117 Å². The van der Waals surface area contributed by atoms with Crippen molar-refractivity contribution in [1.29, 1.82) is 0 Å². The molecule has 0 atom stereocenters. The van der Waals surface area contributed by atoms with Gasteiger partial charge in [0, 0.05) is 65.4 Å². The minimum Gasteiger partial charge on any atom is -0.221 e. The van der Waals surface area contributed by atoms with E-state index < -0.39 is 0 Å². The Hall–Kier alpha value is 2.30. The van der Waals surface area contributed by atoms with Gasteiger partial charge in [-0.25, -0.2) is 12.0 Å². The van der Waals surface area contributed by atoms with Crippen molar-refractivity contribution in [2.24, 2.45) is 0 Å². The normalized spacial score (nSPS) is 9.11. The molecule has 0 spiro atoms. The van der Waals surface area contributed by atoms with E-state index in [1.807, 2.05) is 6.92 Å². The van der Waals surface area contributed by atoms with E-state index in [0.29, 0.717) is 0 Å². The molecule has 0 N–H and O–H groups in total. The monoisotopic (exact) mass is 339 g/mol. The quantitative estimate of drug-likeness (QED) is 0.644. The van der Waals surface area contributed by atoms with Crippen molar-refractivity contribution in [3.8, 4) is 0 Å². The number of hydrogen-bond donors (Lipinski definition) is 0. The first-order valence-corrected chi connectivity index (χ1v) is 3.06. The molecule has 0 aromatic heterocycles. The molecule has 0 fully saturated rings. The van der Waals surface area contributed by atoms with Gasteiger partial charge in [0.25, 0.3) is 0 Å². The summed E-state index contributed by atoms with van der Waals surface area (Å²) in [5.41, 5.74) is 0. The first-order chi connectivity index (χ1) is 3.13. The van der Waals surface area contributed by atoms with Gasteiger partial charge >= 0.3 is 0 Å². The molecule has 2 radical (unpaired) electrons. The summed E-state index contributed by atoms with van der Waals surface area (Å²) in [4.78, 5) is 0. The van der Waals surface area contributed by atoms with Crippen molar-refractivity contribution in [2.75, 3.05) is 0 Å². The Bertz CT molecular complexity index is 75.1. The van der Waals surface area contributed by atoms with Gasteiger partial charge in [0.15, 0.2) is 0 Å². The van der Waals surface area contributed by atoms with Crippen LogP contribution < -0.4 is 0 Å². The van der Waals surface area contributed by atoms with Crippen LogP contribution in [0.25, 0.3) is 0 Å². The second-order valence-corrected chi connectivity index (χ2v) is 3.06.